The molecular weight excluding hydrogens is 258 g/mol. The normalized spacial score (nSPS) is 9.90. The van der Waals surface area contributed by atoms with Crippen LogP contribution in [0.4, 0.5) is 10.5 Å². The van der Waals surface area contributed by atoms with Gasteiger partial charge >= 0.3 is 6.03 Å². The Kier molecular flexibility index (Phi) is 7.13. The summed E-state index contributed by atoms with van der Waals surface area (Å²) < 4.78 is 4.89. The summed E-state index contributed by atoms with van der Waals surface area (Å²) in [7, 11) is 1.63. The average molecular weight is 279 g/mol. The van der Waals surface area contributed by atoms with Gasteiger partial charge < -0.3 is 20.7 Å². The van der Waals surface area contributed by atoms with Crippen LogP contribution in [0.25, 0.3) is 0 Å². The molecule has 0 bridgehead atoms. The standard InChI is InChI=1S/C14H21N3O3/c1-11(18)17-13-6-3-5-12(9-13)10-16-14(19)15-7-4-8-20-2/h3,5-6,9H,4,7-8,10H2,1-2H3,(H,17,18)(H2,15,16,19). The predicted octanol–water partition coefficient (Wildman–Crippen LogP) is 1.48. The number of benzene rings is 1. The van der Waals surface area contributed by atoms with Crippen LogP contribution in [-0.4, -0.2) is 32.2 Å². The van der Waals surface area contributed by atoms with E-state index in [0.717, 1.165) is 17.7 Å². The van der Waals surface area contributed by atoms with E-state index >= 15 is 0 Å². The molecule has 0 heterocycles. The van der Waals surface area contributed by atoms with Crippen molar-refractivity contribution >= 4 is 17.6 Å². The predicted molar refractivity (Wildman–Crippen MR) is 77.5 cm³/mol. The molecule has 0 aliphatic rings. The molecule has 0 atom stereocenters. The molecule has 1 aromatic carbocycles. The van der Waals surface area contributed by atoms with E-state index in [2.05, 4.69) is 16.0 Å². The first-order valence-electron chi connectivity index (χ1n) is 6.49. The molecule has 0 saturated heterocycles. The summed E-state index contributed by atoms with van der Waals surface area (Å²) in [6.45, 7) is 3.06. The van der Waals surface area contributed by atoms with Gasteiger partial charge in [-0.05, 0) is 24.1 Å². The van der Waals surface area contributed by atoms with Gasteiger partial charge in [0.15, 0.2) is 0 Å². The number of methoxy groups -OCH3 is 1. The lowest BCUT2D eigenvalue weighted by molar-refractivity contribution is -0.114. The minimum absolute atomic E-state index is 0.119. The number of ether oxygens (including phenoxy) is 1. The zero-order chi connectivity index (χ0) is 14.8. The minimum atomic E-state index is -0.217. The summed E-state index contributed by atoms with van der Waals surface area (Å²) in [5.41, 5.74) is 1.64. The number of anilines is 1. The highest BCUT2D eigenvalue weighted by Gasteiger charge is 2.01. The quantitative estimate of drug-likeness (QED) is 0.661. The van der Waals surface area contributed by atoms with E-state index in [1.807, 2.05) is 18.2 Å². The molecule has 0 saturated carbocycles. The number of carbonyl (C=O) groups excluding carboxylic acids is 2. The van der Waals surface area contributed by atoms with Gasteiger partial charge in [-0.2, -0.15) is 0 Å². The molecule has 0 aliphatic heterocycles. The van der Waals surface area contributed by atoms with Crippen LogP contribution in [0.5, 0.6) is 0 Å². The second kappa shape index (κ2) is 8.92. The lowest BCUT2D eigenvalue weighted by Crippen LogP contribution is -2.35. The summed E-state index contributed by atoms with van der Waals surface area (Å²) in [4.78, 5) is 22.5. The summed E-state index contributed by atoms with van der Waals surface area (Å²) in [5.74, 6) is -0.119. The Hall–Kier alpha value is -2.08. The van der Waals surface area contributed by atoms with E-state index in [1.165, 1.54) is 6.92 Å². The number of carbonyl (C=O) groups is 2. The van der Waals surface area contributed by atoms with Crippen molar-refractivity contribution in [2.24, 2.45) is 0 Å². The monoisotopic (exact) mass is 279 g/mol. The fourth-order valence-electron chi connectivity index (χ4n) is 1.63. The second-order valence-corrected chi connectivity index (χ2v) is 4.34. The Bertz CT molecular complexity index is 449. The van der Waals surface area contributed by atoms with Crippen molar-refractivity contribution in [2.75, 3.05) is 25.6 Å². The van der Waals surface area contributed by atoms with E-state index in [-0.39, 0.29) is 11.9 Å². The van der Waals surface area contributed by atoms with Crippen LogP contribution in [0.15, 0.2) is 24.3 Å². The third-order valence-electron chi connectivity index (χ3n) is 2.51. The van der Waals surface area contributed by atoms with Gasteiger partial charge in [0.05, 0.1) is 0 Å². The first kappa shape index (κ1) is 16.0. The molecule has 3 amide bonds. The molecule has 0 unspecified atom stereocenters. The van der Waals surface area contributed by atoms with Crippen molar-refractivity contribution in [1.29, 1.82) is 0 Å². The van der Waals surface area contributed by atoms with Gasteiger partial charge in [0, 0.05) is 39.4 Å². The SMILES string of the molecule is COCCCNC(=O)NCc1cccc(NC(C)=O)c1. The first-order valence-corrected chi connectivity index (χ1v) is 6.49. The van der Waals surface area contributed by atoms with Crippen LogP contribution >= 0.6 is 0 Å². The molecule has 0 aromatic heterocycles. The molecule has 0 fully saturated rings. The van der Waals surface area contributed by atoms with Crippen LogP contribution in [-0.2, 0) is 16.1 Å². The zero-order valence-electron chi connectivity index (χ0n) is 11.9. The summed E-state index contributed by atoms with van der Waals surface area (Å²) in [6.07, 6.45) is 0.780. The Balaban J connectivity index is 2.33. The van der Waals surface area contributed by atoms with Crippen molar-refractivity contribution in [3.05, 3.63) is 29.8 Å². The molecule has 110 valence electrons. The molecular formula is C14H21N3O3. The second-order valence-electron chi connectivity index (χ2n) is 4.34. The topological polar surface area (TPSA) is 79.5 Å². The van der Waals surface area contributed by atoms with Gasteiger partial charge in [0.1, 0.15) is 0 Å². The molecule has 20 heavy (non-hydrogen) atoms. The fraction of sp³-hybridized carbons (Fsp3) is 0.429. The van der Waals surface area contributed by atoms with E-state index in [0.29, 0.717) is 19.7 Å². The Morgan fingerprint density at radius 1 is 1.25 bits per heavy atom. The maximum atomic E-state index is 11.5. The summed E-state index contributed by atoms with van der Waals surface area (Å²) in [5, 5.41) is 8.19. The summed E-state index contributed by atoms with van der Waals surface area (Å²) >= 11 is 0. The van der Waals surface area contributed by atoms with E-state index in [9.17, 15) is 9.59 Å². The first-order chi connectivity index (χ1) is 9.61. The number of amides is 3. The molecule has 1 aromatic rings. The average Bonchev–Trinajstić information content (AvgIpc) is 2.41. The van der Waals surface area contributed by atoms with Crippen LogP contribution in [0.2, 0.25) is 0 Å². The minimum Gasteiger partial charge on any atom is -0.385 e. The van der Waals surface area contributed by atoms with Gasteiger partial charge in [-0.3, -0.25) is 4.79 Å². The lowest BCUT2D eigenvalue weighted by atomic mass is 10.2. The number of hydrogen-bond acceptors (Lipinski definition) is 3. The lowest BCUT2D eigenvalue weighted by Gasteiger charge is -2.09. The van der Waals surface area contributed by atoms with E-state index < -0.39 is 0 Å². The zero-order valence-corrected chi connectivity index (χ0v) is 11.9. The molecule has 0 spiro atoms. The fourth-order valence-corrected chi connectivity index (χ4v) is 1.63. The number of urea groups is 1. The molecule has 6 heteroatoms. The highest BCUT2D eigenvalue weighted by molar-refractivity contribution is 5.88. The van der Waals surface area contributed by atoms with Crippen LogP contribution in [0, 0.1) is 0 Å². The molecule has 6 nitrogen and oxygen atoms in total. The van der Waals surface area contributed by atoms with Crippen LogP contribution < -0.4 is 16.0 Å². The molecule has 3 N–H and O–H groups in total. The molecule has 1 rings (SSSR count). The van der Waals surface area contributed by atoms with Gasteiger partial charge in [0.25, 0.3) is 0 Å². The van der Waals surface area contributed by atoms with Crippen molar-refractivity contribution in [3.8, 4) is 0 Å². The molecule has 0 radical (unpaired) electrons. The Morgan fingerprint density at radius 3 is 2.75 bits per heavy atom. The summed E-state index contributed by atoms with van der Waals surface area (Å²) in [6, 6.07) is 7.13. The van der Waals surface area contributed by atoms with Gasteiger partial charge in [0.2, 0.25) is 5.91 Å². The smallest absolute Gasteiger partial charge is 0.315 e. The van der Waals surface area contributed by atoms with Crippen molar-refractivity contribution in [3.63, 3.8) is 0 Å². The Labute approximate surface area is 118 Å². The van der Waals surface area contributed by atoms with Gasteiger partial charge in [-0.1, -0.05) is 12.1 Å². The number of rotatable bonds is 7. The van der Waals surface area contributed by atoms with Crippen molar-refractivity contribution in [1.82, 2.24) is 10.6 Å². The third-order valence-corrected chi connectivity index (χ3v) is 2.51. The van der Waals surface area contributed by atoms with Crippen LogP contribution in [0.3, 0.4) is 0 Å². The van der Waals surface area contributed by atoms with Crippen molar-refractivity contribution in [2.45, 2.75) is 19.9 Å². The number of nitrogens with one attached hydrogen (secondary N) is 3. The highest BCUT2D eigenvalue weighted by atomic mass is 16.5. The number of hydrogen-bond donors (Lipinski definition) is 3. The maximum Gasteiger partial charge on any atom is 0.315 e. The van der Waals surface area contributed by atoms with Crippen molar-refractivity contribution < 1.29 is 14.3 Å². The van der Waals surface area contributed by atoms with Gasteiger partial charge in [-0.25, -0.2) is 4.79 Å². The third kappa shape index (κ3) is 6.75. The maximum absolute atomic E-state index is 11.5. The highest BCUT2D eigenvalue weighted by Crippen LogP contribution is 2.10. The van der Waals surface area contributed by atoms with E-state index in [1.54, 1.807) is 13.2 Å². The molecule has 0 aliphatic carbocycles. The van der Waals surface area contributed by atoms with E-state index in [4.69, 9.17) is 4.74 Å². The largest absolute Gasteiger partial charge is 0.385 e. The van der Waals surface area contributed by atoms with Gasteiger partial charge in [-0.15, -0.1) is 0 Å². The van der Waals surface area contributed by atoms with Crippen LogP contribution in [0.1, 0.15) is 18.9 Å². The Morgan fingerprint density at radius 2 is 2.05 bits per heavy atom.